The SMILES string of the molecule is CCOc1cc(CN2CCC[C@](CO)(Cc3ccc(F)cc3F)C2)ccc1OC. The molecule has 1 aliphatic heterocycles. The topological polar surface area (TPSA) is 41.9 Å². The van der Waals surface area contributed by atoms with Gasteiger partial charge >= 0.3 is 0 Å². The highest BCUT2D eigenvalue weighted by Gasteiger charge is 2.36. The number of halogens is 2. The van der Waals surface area contributed by atoms with Crippen molar-refractivity contribution in [2.45, 2.75) is 32.7 Å². The van der Waals surface area contributed by atoms with Crippen LogP contribution >= 0.6 is 0 Å². The number of methoxy groups -OCH3 is 1. The average Bonchev–Trinajstić information content (AvgIpc) is 2.71. The van der Waals surface area contributed by atoms with Gasteiger partial charge in [-0.05, 0) is 62.1 Å². The molecule has 1 atom stereocenters. The van der Waals surface area contributed by atoms with E-state index in [4.69, 9.17) is 9.47 Å². The lowest BCUT2D eigenvalue weighted by Crippen LogP contribution is -2.46. The Morgan fingerprint density at radius 3 is 2.66 bits per heavy atom. The number of benzene rings is 2. The molecular weight excluding hydrogens is 376 g/mol. The van der Waals surface area contributed by atoms with Crippen molar-refractivity contribution < 1.29 is 23.4 Å². The minimum Gasteiger partial charge on any atom is -0.493 e. The molecule has 0 radical (unpaired) electrons. The first-order valence-electron chi connectivity index (χ1n) is 10.1. The van der Waals surface area contributed by atoms with E-state index in [0.717, 1.165) is 31.0 Å². The average molecular weight is 405 g/mol. The summed E-state index contributed by atoms with van der Waals surface area (Å²) in [4.78, 5) is 2.28. The van der Waals surface area contributed by atoms with E-state index in [1.807, 2.05) is 25.1 Å². The standard InChI is InChI=1S/C23H29F2NO3/c1-3-29-22-11-17(5-8-21(22)28-2)14-26-10-4-9-23(15-26,16-27)13-18-6-7-19(24)12-20(18)25/h5-8,11-12,27H,3-4,9-10,13-16H2,1-2H3/t23-/m0/s1. The molecule has 29 heavy (non-hydrogen) atoms. The molecule has 0 bridgehead atoms. The fourth-order valence-corrected chi connectivity index (χ4v) is 4.19. The molecular formula is C23H29F2NO3. The molecule has 158 valence electrons. The van der Waals surface area contributed by atoms with Crippen molar-refractivity contribution in [3.05, 3.63) is 59.2 Å². The van der Waals surface area contributed by atoms with Crippen molar-refractivity contribution in [1.82, 2.24) is 4.90 Å². The fourth-order valence-electron chi connectivity index (χ4n) is 4.19. The van der Waals surface area contributed by atoms with Crippen LogP contribution in [0.3, 0.4) is 0 Å². The fraction of sp³-hybridized carbons (Fsp3) is 0.478. The van der Waals surface area contributed by atoms with E-state index in [9.17, 15) is 13.9 Å². The molecule has 1 aliphatic rings. The molecule has 0 spiro atoms. The van der Waals surface area contributed by atoms with Crippen LogP contribution in [0.2, 0.25) is 0 Å². The van der Waals surface area contributed by atoms with Gasteiger partial charge in [-0.1, -0.05) is 12.1 Å². The van der Waals surface area contributed by atoms with Gasteiger partial charge in [0.25, 0.3) is 0 Å². The van der Waals surface area contributed by atoms with Crippen LogP contribution < -0.4 is 9.47 Å². The molecule has 1 N–H and O–H groups in total. The van der Waals surface area contributed by atoms with E-state index in [1.54, 1.807) is 7.11 Å². The van der Waals surface area contributed by atoms with Crippen LogP contribution in [0.25, 0.3) is 0 Å². The van der Waals surface area contributed by atoms with E-state index < -0.39 is 17.0 Å². The minimum atomic E-state index is -0.584. The van der Waals surface area contributed by atoms with Crippen LogP contribution in [0.5, 0.6) is 11.5 Å². The van der Waals surface area contributed by atoms with Gasteiger partial charge in [-0.3, -0.25) is 4.90 Å². The maximum Gasteiger partial charge on any atom is 0.161 e. The first-order chi connectivity index (χ1) is 14.0. The highest BCUT2D eigenvalue weighted by atomic mass is 19.1. The lowest BCUT2D eigenvalue weighted by atomic mass is 9.75. The van der Waals surface area contributed by atoms with E-state index in [0.29, 0.717) is 43.2 Å². The Morgan fingerprint density at radius 1 is 1.14 bits per heavy atom. The molecule has 3 rings (SSSR count). The van der Waals surface area contributed by atoms with Crippen molar-refractivity contribution >= 4 is 0 Å². The third-order valence-corrected chi connectivity index (χ3v) is 5.59. The second-order valence-electron chi connectivity index (χ2n) is 7.80. The van der Waals surface area contributed by atoms with Crippen molar-refractivity contribution in [2.75, 3.05) is 33.4 Å². The summed E-state index contributed by atoms with van der Waals surface area (Å²) in [5.74, 6) is 0.280. The number of aliphatic hydroxyl groups is 1. The third-order valence-electron chi connectivity index (χ3n) is 5.59. The lowest BCUT2D eigenvalue weighted by molar-refractivity contribution is 0.0282. The molecule has 0 aromatic heterocycles. The highest BCUT2D eigenvalue weighted by Crippen LogP contribution is 2.35. The Bertz CT molecular complexity index is 830. The normalized spacial score (nSPS) is 19.9. The Labute approximate surface area is 171 Å². The quantitative estimate of drug-likeness (QED) is 0.715. The molecule has 0 aliphatic carbocycles. The zero-order valence-electron chi connectivity index (χ0n) is 17.1. The summed E-state index contributed by atoms with van der Waals surface area (Å²) < 4.78 is 38.4. The maximum atomic E-state index is 14.2. The summed E-state index contributed by atoms with van der Waals surface area (Å²) in [5.41, 5.74) is 1.10. The number of nitrogens with zero attached hydrogens (tertiary/aromatic N) is 1. The van der Waals surface area contributed by atoms with Gasteiger partial charge in [0.05, 0.1) is 20.3 Å². The molecule has 6 heteroatoms. The van der Waals surface area contributed by atoms with Crippen LogP contribution in [-0.4, -0.2) is 43.4 Å². The largest absolute Gasteiger partial charge is 0.493 e. The number of rotatable bonds is 8. The zero-order valence-corrected chi connectivity index (χ0v) is 17.1. The second-order valence-corrected chi connectivity index (χ2v) is 7.80. The van der Waals surface area contributed by atoms with Gasteiger partial charge in [-0.2, -0.15) is 0 Å². The Morgan fingerprint density at radius 2 is 1.97 bits per heavy atom. The molecule has 2 aromatic rings. The predicted octanol–water partition coefficient (Wildman–Crippen LogP) is 4.19. The van der Waals surface area contributed by atoms with E-state index >= 15 is 0 Å². The monoisotopic (exact) mass is 405 g/mol. The van der Waals surface area contributed by atoms with Crippen molar-refractivity contribution in [3.8, 4) is 11.5 Å². The molecule has 0 saturated carbocycles. The third kappa shape index (κ3) is 5.25. The Balaban J connectivity index is 1.74. The van der Waals surface area contributed by atoms with Crippen LogP contribution in [0.1, 0.15) is 30.9 Å². The number of aliphatic hydroxyl groups excluding tert-OH is 1. The highest BCUT2D eigenvalue weighted by molar-refractivity contribution is 5.43. The van der Waals surface area contributed by atoms with E-state index in [1.165, 1.54) is 12.1 Å². The molecule has 4 nitrogen and oxygen atoms in total. The van der Waals surface area contributed by atoms with Crippen molar-refractivity contribution in [2.24, 2.45) is 5.41 Å². The molecule has 2 aromatic carbocycles. The maximum absolute atomic E-state index is 14.2. The summed E-state index contributed by atoms with van der Waals surface area (Å²) in [6, 6.07) is 9.56. The van der Waals surface area contributed by atoms with E-state index in [-0.39, 0.29) is 6.61 Å². The van der Waals surface area contributed by atoms with Gasteiger partial charge in [-0.15, -0.1) is 0 Å². The minimum absolute atomic E-state index is 0.0346. The van der Waals surface area contributed by atoms with Gasteiger partial charge in [0, 0.05) is 24.6 Å². The lowest BCUT2D eigenvalue weighted by Gasteiger charge is -2.42. The number of hydrogen-bond donors (Lipinski definition) is 1. The van der Waals surface area contributed by atoms with Gasteiger partial charge in [-0.25, -0.2) is 8.78 Å². The number of ether oxygens (including phenoxy) is 2. The van der Waals surface area contributed by atoms with Crippen LogP contribution in [0.4, 0.5) is 8.78 Å². The molecule has 1 fully saturated rings. The van der Waals surface area contributed by atoms with Crippen LogP contribution in [0.15, 0.2) is 36.4 Å². The van der Waals surface area contributed by atoms with Gasteiger partial charge in [0.15, 0.2) is 11.5 Å². The Kier molecular flexibility index (Phi) is 7.09. The van der Waals surface area contributed by atoms with E-state index in [2.05, 4.69) is 4.90 Å². The molecule has 1 saturated heterocycles. The first kappa shape index (κ1) is 21.5. The van der Waals surface area contributed by atoms with Gasteiger partial charge in [0.2, 0.25) is 0 Å². The van der Waals surface area contributed by atoms with Gasteiger partial charge in [0.1, 0.15) is 11.6 Å². The summed E-state index contributed by atoms with van der Waals surface area (Å²) >= 11 is 0. The van der Waals surface area contributed by atoms with Crippen LogP contribution in [0, 0.1) is 17.0 Å². The Hall–Kier alpha value is -2.18. The summed E-state index contributed by atoms with van der Waals surface area (Å²) in [7, 11) is 1.62. The predicted molar refractivity (Wildman–Crippen MR) is 108 cm³/mol. The number of likely N-dealkylation sites (tertiary alicyclic amines) is 1. The van der Waals surface area contributed by atoms with Crippen LogP contribution in [-0.2, 0) is 13.0 Å². The summed E-state index contributed by atoms with van der Waals surface area (Å²) in [5, 5.41) is 10.2. The number of hydrogen-bond acceptors (Lipinski definition) is 4. The van der Waals surface area contributed by atoms with Gasteiger partial charge < -0.3 is 14.6 Å². The number of piperidine rings is 1. The smallest absolute Gasteiger partial charge is 0.161 e. The summed E-state index contributed by atoms with van der Waals surface area (Å²) in [6.45, 7) is 4.71. The molecule has 1 heterocycles. The second kappa shape index (κ2) is 9.55. The summed E-state index contributed by atoms with van der Waals surface area (Å²) in [6.07, 6.45) is 2.11. The molecule has 0 amide bonds. The molecule has 0 unspecified atom stereocenters. The van der Waals surface area contributed by atoms with Crippen molar-refractivity contribution in [1.29, 1.82) is 0 Å². The zero-order chi connectivity index (χ0) is 20.9. The van der Waals surface area contributed by atoms with Crippen molar-refractivity contribution in [3.63, 3.8) is 0 Å². The first-order valence-corrected chi connectivity index (χ1v) is 10.1.